The minimum absolute atomic E-state index is 0.0753. The number of halogens is 4. The summed E-state index contributed by atoms with van der Waals surface area (Å²) in [5, 5.41) is 2.54. The van der Waals surface area contributed by atoms with Gasteiger partial charge in [-0.3, -0.25) is 4.79 Å². The van der Waals surface area contributed by atoms with Crippen molar-refractivity contribution in [1.29, 1.82) is 0 Å². The average Bonchev–Trinajstić information content (AvgIpc) is 2.67. The standard InChI is InChI=1S/C23H19F4NO4S/c1-14-11-16(28-21(29)12-15-7-9-17(10-8-15)33(2,30)31)13-19(24)22(14)18-5-3-4-6-20(18)32-23(25,26)27/h3-11,13H,12H2,1-2H3,(H,28,29). The molecule has 0 saturated carbocycles. The number of benzene rings is 3. The maximum Gasteiger partial charge on any atom is 0.573 e. The number of ether oxygens (including phenoxy) is 1. The van der Waals surface area contributed by atoms with Gasteiger partial charge in [-0.25, -0.2) is 12.8 Å². The van der Waals surface area contributed by atoms with Gasteiger partial charge in [-0.05, 0) is 48.4 Å². The van der Waals surface area contributed by atoms with Crippen LogP contribution in [0.1, 0.15) is 11.1 Å². The van der Waals surface area contributed by atoms with Crippen LogP contribution in [0, 0.1) is 12.7 Å². The summed E-state index contributed by atoms with van der Waals surface area (Å²) in [4.78, 5) is 12.5. The molecule has 0 aromatic heterocycles. The Bertz CT molecular complexity index is 1260. The van der Waals surface area contributed by atoms with E-state index in [9.17, 15) is 30.8 Å². The van der Waals surface area contributed by atoms with Gasteiger partial charge in [-0.15, -0.1) is 13.2 Å². The van der Waals surface area contributed by atoms with Crippen molar-refractivity contribution in [3.8, 4) is 16.9 Å². The molecule has 0 atom stereocenters. The summed E-state index contributed by atoms with van der Waals surface area (Å²) in [6.45, 7) is 1.50. The van der Waals surface area contributed by atoms with Gasteiger partial charge in [0.25, 0.3) is 0 Å². The number of hydrogen-bond donors (Lipinski definition) is 1. The molecule has 10 heteroatoms. The van der Waals surface area contributed by atoms with Crippen molar-refractivity contribution < 1.29 is 35.5 Å². The first-order valence-electron chi connectivity index (χ1n) is 9.57. The van der Waals surface area contributed by atoms with Crippen molar-refractivity contribution in [3.05, 3.63) is 77.6 Å². The van der Waals surface area contributed by atoms with Gasteiger partial charge in [-0.2, -0.15) is 0 Å². The lowest BCUT2D eigenvalue weighted by Gasteiger charge is -2.16. The molecule has 1 amide bonds. The molecule has 0 aliphatic carbocycles. The SMILES string of the molecule is Cc1cc(NC(=O)Cc2ccc(S(C)(=O)=O)cc2)cc(F)c1-c1ccccc1OC(F)(F)F. The van der Waals surface area contributed by atoms with Gasteiger partial charge in [0.05, 0.1) is 11.3 Å². The first kappa shape index (κ1) is 24.2. The molecule has 0 aliphatic rings. The van der Waals surface area contributed by atoms with E-state index in [0.717, 1.165) is 18.4 Å². The Morgan fingerprint density at radius 2 is 1.67 bits per heavy atom. The summed E-state index contributed by atoms with van der Waals surface area (Å²) in [5.74, 6) is -1.85. The molecule has 0 unspecified atom stereocenters. The molecule has 0 fully saturated rings. The molecule has 3 aromatic carbocycles. The second-order valence-corrected chi connectivity index (χ2v) is 9.35. The number of carbonyl (C=O) groups is 1. The van der Waals surface area contributed by atoms with Crippen LogP contribution in [0.5, 0.6) is 5.75 Å². The Kier molecular flexibility index (Phi) is 6.78. The molecule has 0 spiro atoms. The minimum atomic E-state index is -4.94. The molecule has 0 heterocycles. The van der Waals surface area contributed by atoms with Gasteiger partial charge in [0.2, 0.25) is 5.91 Å². The third-order valence-electron chi connectivity index (χ3n) is 4.67. The summed E-state index contributed by atoms with van der Waals surface area (Å²) in [6, 6.07) is 13.4. The Balaban J connectivity index is 1.81. The van der Waals surface area contributed by atoms with Crippen molar-refractivity contribution in [1.82, 2.24) is 0 Å². The molecule has 33 heavy (non-hydrogen) atoms. The van der Waals surface area contributed by atoms with Gasteiger partial charge in [-0.1, -0.05) is 30.3 Å². The van der Waals surface area contributed by atoms with E-state index in [1.54, 1.807) is 0 Å². The zero-order valence-electron chi connectivity index (χ0n) is 17.5. The number of hydrogen-bond acceptors (Lipinski definition) is 4. The Labute approximate surface area is 187 Å². The van der Waals surface area contributed by atoms with E-state index in [4.69, 9.17) is 0 Å². The number of amides is 1. The number of rotatable bonds is 6. The summed E-state index contributed by atoms with van der Waals surface area (Å²) in [5.41, 5.74) is 0.812. The second-order valence-electron chi connectivity index (χ2n) is 7.33. The highest BCUT2D eigenvalue weighted by Crippen LogP contribution is 2.37. The normalized spacial score (nSPS) is 11.8. The number of sulfone groups is 1. The number of aryl methyl sites for hydroxylation is 1. The molecular weight excluding hydrogens is 462 g/mol. The fraction of sp³-hybridized carbons (Fsp3) is 0.174. The van der Waals surface area contributed by atoms with Crippen molar-refractivity contribution in [2.45, 2.75) is 24.6 Å². The molecule has 1 N–H and O–H groups in total. The molecule has 3 rings (SSSR count). The quantitative estimate of drug-likeness (QED) is 0.486. The monoisotopic (exact) mass is 481 g/mol. The largest absolute Gasteiger partial charge is 0.573 e. The summed E-state index contributed by atoms with van der Waals surface area (Å²) in [7, 11) is -3.36. The van der Waals surface area contributed by atoms with Gasteiger partial charge in [0, 0.05) is 23.1 Å². The van der Waals surface area contributed by atoms with E-state index < -0.39 is 33.7 Å². The van der Waals surface area contributed by atoms with E-state index in [1.165, 1.54) is 55.5 Å². The number of para-hydroxylation sites is 1. The number of anilines is 1. The Morgan fingerprint density at radius 1 is 1.03 bits per heavy atom. The fourth-order valence-electron chi connectivity index (χ4n) is 3.29. The van der Waals surface area contributed by atoms with Crippen molar-refractivity contribution in [3.63, 3.8) is 0 Å². The van der Waals surface area contributed by atoms with Gasteiger partial charge >= 0.3 is 6.36 Å². The zero-order chi connectivity index (χ0) is 24.4. The van der Waals surface area contributed by atoms with Crippen LogP contribution in [-0.2, 0) is 21.1 Å². The van der Waals surface area contributed by atoms with E-state index in [0.29, 0.717) is 11.1 Å². The van der Waals surface area contributed by atoms with Crippen molar-refractivity contribution in [2.24, 2.45) is 0 Å². The Hall–Kier alpha value is -3.40. The number of nitrogens with one attached hydrogen (secondary N) is 1. The maximum atomic E-state index is 14.9. The highest BCUT2D eigenvalue weighted by Gasteiger charge is 2.32. The lowest BCUT2D eigenvalue weighted by atomic mass is 9.98. The van der Waals surface area contributed by atoms with Crippen LogP contribution >= 0.6 is 0 Å². The summed E-state index contributed by atoms with van der Waals surface area (Å²) >= 11 is 0. The van der Waals surface area contributed by atoms with Gasteiger partial charge in [0.1, 0.15) is 11.6 Å². The molecule has 174 valence electrons. The van der Waals surface area contributed by atoms with E-state index in [1.807, 2.05) is 0 Å². The first-order valence-corrected chi connectivity index (χ1v) is 11.5. The van der Waals surface area contributed by atoms with Crippen molar-refractivity contribution >= 4 is 21.4 Å². The number of carbonyl (C=O) groups excluding carboxylic acids is 1. The molecule has 5 nitrogen and oxygen atoms in total. The van der Waals surface area contributed by atoms with Crippen LogP contribution in [-0.4, -0.2) is 26.9 Å². The third kappa shape index (κ3) is 6.32. The maximum absolute atomic E-state index is 14.9. The lowest BCUT2D eigenvalue weighted by molar-refractivity contribution is -0.274. The highest BCUT2D eigenvalue weighted by atomic mass is 32.2. The third-order valence-corrected chi connectivity index (χ3v) is 5.80. The predicted octanol–water partition coefficient (Wildman–Crippen LogP) is 5.28. The molecule has 0 radical (unpaired) electrons. The van der Waals surface area contributed by atoms with Gasteiger partial charge in [0.15, 0.2) is 9.84 Å². The Morgan fingerprint density at radius 3 is 2.24 bits per heavy atom. The van der Waals surface area contributed by atoms with E-state index in [-0.39, 0.29) is 28.1 Å². The van der Waals surface area contributed by atoms with Crippen LogP contribution < -0.4 is 10.1 Å². The second kappa shape index (κ2) is 9.22. The molecule has 3 aromatic rings. The van der Waals surface area contributed by atoms with Gasteiger partial charge < -0.3 is 10.1 Å². The van der Waals surface area contributed by atoms with E-state index in [2.05, 4.69) is 10.1 Å². The summed E-state index contributed by atoms with van der Waals surface area (Å²) in [6.07, 6.45) is -3.95. The smallest absolute Gasteiger partial charge is 0.405 e. The molecule has 0 bridgehead atoms. The van der Waals surface area contributed by atoms with E-state index >= 15 is 0 Å². The average molecular weight is 481 g/mol. The number of alkyl halides is 3. The lowest BCUT2D eigenvalue weighted by Crippen LogP contribution is -2.18. The fourth-order valence-corrected chi connectivity index (χ4v) is 3.92. The van der Waals surface area contributed by atoms with Crippen LogP contribution in [0.15, 0.2) is 65.6 Å². The van der Waals surface area contributed by atoms with Crippen LogP contribution in [0.25, 0.3) is 11.1 Å². The highest BCUT2D eigenvalue weighted by molar-refractivity contribution is 7.90. The van der Waals surface area contributed by atoms with Crippen LogP contribution in [0.2, 0.25) is 0 Å². The summed E-state index contributed by atoms with van der Waals surface area (Å²) < 4.78 is 80.1. The predicted molar refractivity (Wildman–Crippen MR) is 115 cm³/mol. The van der Waals surface area contributed by atoms with Crippen LogP contribution in [0.3, 0.4) is 0 Å². The molecule has 0 aliphatic heterocycles. The van der Waals surface area contributed by atoms with Crippen molar-refractivity contribution in [2.75, 3.05) is 11.6 Å². The molecular formula is C23H19F4NO4S. The first-order chi connectivity index (χ1) is 15.3. The topological polar surface area (TPSA) is 72.5 Å². The molecule has 0 saturated heterocycles. The zero-order valence-corrected chi connectivity index (χ0v) is 18.4. The minimum Gasteiger partial charge on any atom is -0.405 e. The van der Waals surface area contributed by atoms with Crippen LogP contribution in [0.4, 0.5) is 23.2 Å².